The molecule has 5 heteroatoms. The molecule has 1 N–H and O–H groups in total. The fourth-order valence-corrected chi connectivity index (χ4v) is 4.69. The van der Waals surface area contributed by atoms with E-state index in [1.54, 1.807) is 4.68 Å². The first kappa shape index (κ1) is 16.7. The highest BCUT2D eigenvalue weighted by Crippen LogP contribution is 2.46. The Balaban J connectivity index is 1.87. The zero-order valence-corrected chi connectivity index (χ0v) is 14.5. The molecule has 2 heterocycles. The summed E-state index contributed by atoms with van der Waals surface area (Å²) in [5, 5.41) is 19.9. The van der Waals surface area contributed by atoms with Crippen molar-refractivity contribution >= 4 is 0 Å². The molecule has 0 radical (unpaired) electrons. The van der Waals surface area contributed by atoms with Crippen LogP contribution in [0, 0.1) is 5.92 Å². The molecule has 1 aromatic rings. The van der Waals surface area contributed by atoms with Crippen LogP contribution in [0.15, 0.2) is 18.9 Å². The summed E-state index contributed by atoms with van der Waals surface area (Å²) in [4.78, 5) is 2.41. The summed E-state index contributed by atoms with van der Waals surface area (Å²) in [6.45, 7) is 6.95. The SMILES string of the molecule is C=CCN1[C@@H](C)C[C@@](O)(C2CCCCC2)C[C@H]1c1cn(C)nn1. The first-order chi connectivity index (χ1) is 11.0. The number of aliphatic hydroxyl groups is 1. The zero-order chi connectivity index (χ0) is 16.4. The number of aromatic nitrogens is 3. The lowest BCUT2D eigenvalue weighted by molar-refractivity contribution is -0.113. The van der Waals surface area contributed by atoms with Crippen LogP contribution in [0.1, 0.15) is 63.6 Å². The first-order valence-electron chi connectivity index (χ1n) is 8.99. The molecule has 3 atom stereocenters. The summed E-state index contributed by atoms with van der Waals surface area (Å²) in [5.74, 6) is 0.434. The maximum atomic E-state index is 11.5. The molecule has 1 saturated carbocycles. The number of aryl methyl sites for hydroxylation is 1. The van der Waals surface area contributed by atoms with Gasteiger partial charge in [0, 0.05) is 25.8 Å². The van der Waals surface area contributed by atoms with Gasteiger partial charge in [-0.15, -0.1) is 11.7 Å². The van der Waals surface area contributed by atoms with Gasteiger partial charge in [-0.1, -0.05) is 30.6 Å². The third kappa shape index (κ3) is 3.36. The maximum absolute atomic E-state index is 11.5. The van der Waals surface area contributed by atoms with Gasteiger partial charge in [-0.05, 0) is 38.5 Å². The molecule has 1 aliphatic heterocycles. The van der Waals surface area contributed by atoms with Gasteiger partial charge in [0.15, 0.2) is 0 Å². The van der Waals surface area contributed by atoms with Gasteiger partial charge >= 0.3 is 0 Å². The summed E-state index contributed by atoms with van der Waals surface area (Å²) in [7, 11) is 1.90. The first-order valence-corrected chi connectivity index (χ1v) is 8.99. The van der Waals surface area contributed by atoms with Gasteiger partial charge in [-0.2, -0.15) is 0 Å². The molecule has 1 aromatic heterocycles. The van der Waals surface area contributed by atoms with Crippen molar-refractivity contribution in [3.63, 3.8) is 0 Å². The second-order valence-electron chi connectivity index (χ2n) is 7.51. The molecular formula is C18H30N4O. The molecule has 2 aliphatic rings. The van der Waals surface area contributed by atoms with E-state index in [9.17, 15) is 5.11 Å². The molecule has 1 aliphatic carbocycles. The number of nitrogens with zero attached hydrogens (tertiary/aromatic N) is 4. The average Bonchev–Trinajstić information content (AvgIpc) is 2.97. The molecule has 5 nitrogen and oxygen atoms in total. The van der Waals surface area contributed by atoms with Crippen LogP contribution in [0.3, 0.4) is 0 Å². The lowest BCUT2D eigenvalue weighted by Gasteiger charge is -2.50. The lowest BCUT2D eigenvalue weighted by atomic mass is 9.68. The molecule has 0 spiro atoms. The number of hydrogen-bond acceptors (Lipinski definition) is 4. The van der Waals surface area contributed by atoms with Crippen LogP contribution in [-0.2, 0) is 7.05 Å². The van der Waals surface area contributed by atoms with Crippen LogP contribution >= 0.6 is 0 Å². The predicted octanol–water partition coefficient (Wildman–Crippen LogP) is 2.84. The largest absolute Gasteiger partial charge is 0.389 e. The quantitative estimate of drug-likeness (QED) is 0.867. The van der Waals surface area contributed by atoms with Gasteiger partial charge < -0.3 is 5.11 Å². The Bertz CT molecular complexity index is 537. The third-order valence-electron chi connectivity index (χ3n) is 5.83. The summed E-state index contributed by atoms with van der Waals surface area (Å²) in [5.41, 5.74) is 0.398. The lowest BCUT2D eigenvalue weighted by Crippen LogP contribution is -2.54. The third-order valence-corrected chi connectivity index (χ3v) is 5.83. The van der Waals surface area contributed by atoms with Gasteiger partial charge in [0.1, 0.15) is 0 Å². The van der Waals surface area contributed by atoms with E-state index in [2.05, 4.69) is 28.7 Å². The molecule has 128 valence electrons. The smallest absolute Gasteiger partial charge is 0.0999 e. The molecule has 0 aromatic carbocycles. The summed E-state index contributed by atoms with van der Waals surface area (Å²) in [6.07, 6.45) is 11.7. The maximum Gasteiger partial charge on any atom is 0.0999 e. The van der Waals surface area contributed by atoms with Crippen molar-refractivity contribution in [2.75, 3.05) is 6.54 Å². The van der Waals surface area contributed by atoms with E-state index in [0.29, 0.717) is 12.0 Å². The van der Waals surface area contributed by atoms with Crippen molar-refractivity contribution in [1.82, 2.24) is 19.9 Å². The van der Waals surface area contributed by atoms with Crippen molar-refractivity contribution in [1.29, 1.82) is 0 Å². The average molecular weight is 318 g/mol. The van der Waals surface area contributed by atoms with Crippen LogP contribution in [0.25, 0.3) is 0 Å². The van der Waals surface area contributed by atoms with Crippen LogP contribution in [-0.4, -0.2) is 43.2 Å². The van der Waals surface area contributed by atoms with Gasteiger partial charge in [0.05, 0.1) is 17.3 Å². The highest BCUT2D eigenvalue weighted by Gasteiger charge is 2.47. The van der Waals surface area contributed by atoms with Crippen molar-refractivity contribution in [3.05, 3.63) is 24.5 Å². The van der Waals surface area contributed by atoms with Crippen LogP contribution in [0.4, 0.5) is 0 Å². The minimum Gasteiger partial charge on any atom is -0.389 e. The Morgan fingerprint density at radius 2 is 2.09 bits per heavy atom. The molecule has 23 heavy (non-hydrogen) atoms. The Hall–Kier alpha value is -1.20. The molecule has 1 saturated heterocycles. The standard InChI is InChI=1S/C18H30N4O/c1-4-10-22-14(2)11-18(23,15-8-6-5-7-9-15)12-17(22)16-13-21(3)20-19-16/h4,13-15,17,23H,1,5-12H2,2-3H3/t14-,17-,18-/m0/s1. The fraction of sp³-hybridized carbons (Fsp3) is 0.778. The predicted molar refractivity (Wildman–Crippen MR) is 90.9 cm³/mol. The summed E-state index contributed by atoms with van der Waals surface area (Å²) < 4.78 is 1.75. The van der Waals surface area contributed by atoms with E-state index in [-0.39, 0.29) is 6.04 Å². The minimum atomic E-state index is -0.570. The highest BCUT2D eigenvalue weighted by molar-refractivity contribution is 5.10. The Morgan fingerprint density at radius 1 is 1.35 bits per heavy atom. The fourth-order valence-electron chi connectivity index (χ4n) is 4.69. The van der Waals surface area contributed by atoms with E-state index in [4.69, 9.17) is 0 Å². The molecule has 0 bridgehead atoms. The van der Waals surface area contributed by atoms with E-state index >= 15 is 0 Å². The topological polar surface area (TPSA) is 54.2 Å². The second-order valence-corrected chi connectivity index (χ2v) is 7.51. The Labute approximate surface area is 139 Å². The number of piperidine rings is 1. The summed E-state index contributed by atoms with van der Waals surface area (Å²) >= 11 is 0. The van der Waals surface area contributed by atoms with Gasteiger partial charge in [0.25, 0.3) is 0 Å². The summed E-state index contributed by atoms with van der Waals surface area (Å²) in [6, 6.07) is 0.443. The molecule has 0 unspecified atom stereocenters. The number of rotatable bonds is 4. The zero-order valence-electron chi connectivity index (χ0n) is 14.5. The van der Waals surface area contributed by atoms with E-state index < -0.39 is 5.60 Å². The van der Waals surface area contributed by atoms with Crippen molar-refractivity contribution in [3.8, 4) is 0 Å². The number of likely N-dealkylation sites (tertiary alicyclic amines) is 1. The van der Waals surface area contributed by atoms with Gasteiger partial charge in [0.2, 0.25) is 0 Å². The van der Waals surface area contributed by atoms with E-state index in [1.807, 2.05) is 19.3 Å². The van der Waals surface area contributed by atoms with Crippen LogP contribution in [0.2, 0.25) is 0 Å². The second kappa shape index (κ2) is 6.73. The number of hydrogen-bond donors (Lipinski definition) is 1. The molecule has 3 rings (SSSR count). The normalized spacial score (nSPS) is 33.7. The van der Waals surface area contributed by atoms with Crippen molar-refractivity contribution in [2.45, 2.75) is 69.6 Å². The van der Waals surface area contributed by atoms with Gasteiger partial charge in [-0.25, -0.2) is 0 Å². The van der Waals surface area contributed by atoms with Crippen molar-refractivity contribution < 1.29 is 5.11 Å². The highest BCUT2D eigenvalue weighted by atomic mass is 16.3. The van der Waals surface area contributed by atoms with Crippen LogP contribution in [0.5, 0.6) is 0 Å². The Morgan fingerprint density at radius 3 is 2.70 bits per heavy atom. The molecule has 0 amide bonds. The van der Waals surface area contributed by atoms with Crippen LogP contribution < -0.4 is 0 Å². The van der Waals surface area contributed by atoms with E-state index in [0.717, 1.165) is 37.9 Å². The van der Waals surface area contributed by atoms with Crippen molar-refractivity contribution in [2.24, 2.45) is 13.0 Å². The van der Waals surface area contributed by atoms with E-state index in [1.165, 1.54) is 19.3 Å². The Kier molecular flexibility index (Phi) is 4.87. The molecule has 2 fully saturated rings. The monoisotopic (exact) mass is 318 g/mol. The minimum absolute atomic E-state index is 0.123. The molecular weight excluding hydrogens is 288 g/mol. The van der Waals surface area contributed by atoms with Gasteiger partial charge in [-0.3, -0.25) is 9.58 Å².